The summed E-state index contributed by atoms with van der Waals surface area (Å²) in [6.07, 6.45) is 7.84. The van der Waals surface area contributed by atoms with Gasteiger partial charge in [-0.25, -0.2) is 0 Å². The third kappa shape index (κ3) is 8.51. The van der Waals surface area contributed by atoms with Gasteiger partial charge in [0.2, 0.25) is 0 Å². The number of carbonyl (C=O) groups excluding carboxylic acids is 1. The molecular weight excluding hydrogens is 851 g/mol. The van der Waals surface area contributed by atoms with Gasteiger partial charge in [-0.2, -0.15) is 0 Å². The van der Waals surface area contributed by atoms with Crippen molar-refractivity contribution in [2.75, 3.05) is 0 Å². The zero-order chi connectivity index (χ0) is 38.2. The van der Waals surface area contributed by atoms with Crippen LogP contribution < -0.4 is 0 Å². The molecule has 0 spiro atoms. The second kappa shape index (κ2) is 16.8. The molecule has 5 aromatic rings. The number of furan rings is 1. The molecule has 2 aromatic heterocycles. The van der Waals surface area contributed by atoms with Gasteiger partial charge in [-0.05, 0) is 67.1 Å². The zero-order valence-electron chi connectivity index (χ0n) is 34.0. The van der Waals surface area contributed by atoms with E-state index in [4.69, 9.17) is 9.40 Å². The number of hydrogen-bond donors (Lipinski definition) is 1. The SMILES string of the molecule is CC(C)CC1c2ccc3oc4ccnc(-c5[c-]c6ccccc6c(C(C)(C)C)c5)c4c3c2SC1C.CCC(C)(CC)C(=O)/C=C(\O)C(C)(CC)CC.[Ir]. The number of carbonyl (C=O) groups is 1. The van der Waals surface area contributed by atoms with E-state index in [1.165, 1.54) is 39.3 Å². The molecule has 2 unspecified atom stereocenters. The number of benzene rings is 3. The average Bonchev–Trinajstić information content (AvgIpc) is 3.66. The average molecular weight is 911 g/mol. The van der Waals surface area contributed by atoms with Crippen molar-refractivity contribution in [2.24, 2.45) is 16.7 Å². The smallest absolute Gasteiger partial charge is 0.164 e. The van der Waals surface area contributed by atoms with Gasteiger partial charge in [0.25, 0.3) is 0 Å². The van der Waals surface area contributed by atoms with Gasteiger partial charge in [0.15, 0.2) is 5.78 Å². The van der Waals surface area contributed by atoms with E-state index < -0.39 is 0 Å². The number of thioether (sulfide) groups is 1. The van der Waals surface area contributed by atoms with E-state index in [0.29, 0.717) is 17.1 Å². The third-order valence-electron chi connectivity index (χ3n) is 12.0. The van der Waals surface area contributed by atoms with Gasteiger partial charge >= 0.3 is 0 Å². The van der Waals surface area contributed by atoms with E-state index in [2.05, 4.69) is 90.1 Å². The summed E-state index contributed by atoms with van der Waals surface area (Å²) in [7, 11) is 0. The Morgan fingerprint density at radius 3 is 2.15 bits per heavy atom. The van der Waals surface area contributed by atoms with Gasteiger partial charge in [0.1, 0.15) is 16.9 Å². The molecule has 3 heterocycles. The first-order valence-electron chi connectivity index (χ1n) is 19.4. The van der Waals surface area contributed by atoms with E-state index in [-0.39, 0.29) is 47.9 Å². The predicted molar refractivity (Wildman–Crippen MR) is 223 cm³/mol. The van der Waals surface area contributed by atoms with Crippen molar-refractivity contribution in [3.8, 4) is 11.3 Å². The molecule has 287 valence electrons. The molecule has 0 saturated carbocycles. The molecule has 1 aliphatic heterocycles. The summed E-state index contributed by atoms with van der Waals surface area (Å²) in [6.45, 7) is 25.9. The van der Waals surface area contributed by atoms with E-state index in [1.807, 2.05) is 65.6 Å². The summed E-state index contributed by atoms with van der Waals surface area (Å²) in [5, 5.41) is 15.4. The van der Waals surface area contributed by atoms with E-state index in [9.17, 15) is 9.90 Å². The molecule has 3 aromatic carbocycles. The molecule has 0 fully saturated rings. The molecule has 0 aliphatic carbocycles. The number of nitrogens with zero attached hydrogens (tertiary/aromatic N) is 1. The Morgan fingerprint density at radius 2 is 1.55 bits per heavy atom. The largest absolute Gasteiger partial charge is 0.512 e. The first kappa shape index (κ1) is 42.8. The summed E-state index contributed by atoms with van der Waals surface area (Å²) in [5.41, 5.74) is 6.05. The van der Waals surface area contributed by atoms with Crippen LogP contribution >= 0.6 is 11.8 Å². The fourth-order valence-electron chi connectivity index (χ4n) is 7.42. The predicted octanol–water partition coefficient (Wildman–Crippen LogP) is 14.2. The number of rotatable bonds is 10. The molecule has 1 aliphatic rings. The van der Waals surface area contributed by atoms with Crippen LogP contribution in [0.1, 0.15) is 132 Å². The Morgan fingerprint density at radius 1 is 0.925 bits per heavy atom. The molecule has 0 amide bonds. The molecule has 6 heteroatoms. The number of allylic oxidation sites excluding steroid dienone is 2. The second-order valence-electron chi connectivity index (χ2n) is 16.9. The van der Waals surface area contributed by atoms with Crippen LogP contribution in [0, 0.1) is 22.8 Å². The van der Waals surface area contributed by atoms with Crippen molar-refractivity contribution in [3.05, 3.63) is 83.8 Å². The number of aliphatic hydroxyl groups is 1. The number of hydrogen-bond acceptors (Lipinski definition) is 5. The van der Waals surface area contributed by atoms with Crippen LogP contribution in [0.15, 0.2) is 75.9 Å². The number of pyridine rings is 1. The fourth-order valence-corrected chi connectivity index (χ4v) is 8.89. The van der Waals surface area contributed by atoms with E-state index >= 15 is 0 Å². The van der Waals surface area contributed by atoms with Crippen molar-refractivity contribution in [3.63, 3.8) is 0 Å². The molecule has 0 bridgehead atoms. The second-order valence-corrected chi connectivity index (χ2v) is 18.3. The van der Waals surface area contributed by atoms with Crippen LogP contribution in [-0.4, -0.2) is 21.1 Å². The minimum atomic E-state index is -0.337. The van der Waals surface area contributed by atoms with Crippen LogP contribution in [0.2, 0.25) is 0 Å². The van der Waals surface area contributed by atoms with Crippen molar-refractivity contribution in [1.82, 2.24) is 4.98 Å². The Hall–Kier alpha value is -2.92. The van der Waals surface area contributed by atoms with Gasteiger partial charge in [-0.1, -0.05) is 118 Å². The summed E-state index contributed by atoms with van der Waals surface area (Å²) in [6, 6.07) is 21.1. The summed E-state index contributed by atoms with van der Waals surface area (Å²) in [5.74, 6) is 1.53. The zero-order valence-corrected chi connectivity index (χ0v) is 37.2. The molecule has 2 atom stereocenters. The Kier molecular flexibility index (Phi) is 13.6. The Bertz CT molecular complexity index is 2090. The van der Waals surface area contributed by atoms with Crippen molar-refractivity contribution in [1.29, 1.82) is 0 Å². The minimum absolute atomic E-state index is 0. The first-order valence-corrected chi connectivity index (χ1v) is 20.3. The number of fused-ring (bicyclic) bond motifs is 6. The number of aliphatic hydroxyl groups excluding tert-OH is 1. The van der Waals surface area contributed by atoms with Crippen LogP contribution in [0.3, 0.4) is 0 Å². The van der Waals surface area contributed by atoms with Gasteiger partial charge in [0.05, 0.1) is 0 Å². The van der Waals surface area contributed by atoms with Crippen LogP contribution in [0.4, 0.5) is 0 Å². The Labute approximate surface area is 336 Å². The topological polar surface area (TPSA) is 63.3 Å². The maximum atomic E-state index is 12.2. The van der Waals surface area contributed by atoms with Crippen molar-refractivity contribution < 1.29 is 34.4 Å². The van der Waals surface area contributed by atoms with Gasteiger partial charge in [-0.3, -0.25) is 9.78 Å². The number of aromatic nitrogens is 1. The molecule has 53 heavy (non-hydrogen) atoms. The van der Waals surface area contributed by atoms with Gasteiger partial charge in [-0.15, -0.1) is 40.9 Å². The molecule has 6 rings (SSSR count). The fraction of sp³-hybridized carbons (Fsp3) is 0.489. The normalized spacial score (nSPS) is 16.5. The summed E-state index contributed by atoms with van der Waals surface area (Å²) in [4.78, 5) is 18.5. The van der Waals surface area contributed by atoms with E-state index in [0.717, 1.165) is 58.9 Å². The maximum absolute atomic E-state index is 12.2. The van der Waals surface area contributed by atoms with E-state index in [1.54, 1.807) is 0 Å². The molecular formula is C47H60IrNO3S-. The molecule has 1 radical (unpaired) electrons. The van der Waals surface area contributed by atoms with Crippen LogP contribution in [0.5, 0.6) is 0 Å². The molecule has 0 saturated heterocycles. The monoisotopic (exact) mass is 911 g/mol. The Balaban J connectivity index is 0.000000299. The maximum Gasteiger partial charge on any atom is 0.164 e. The molecule has 1 N–H and O–H groups in total. The first-order chi connectivity index (χ1) is 24.5. The van der Waals surface area contributed by atoms with Crippen LogP contribution in [0.25, 0.3) is 44.0 Å². The number of ketones is 1. The van der Waals surface area contributed by atoms with Gasteiger partial charge in [0, 0.05) is 69.8 Å². The third-order valence-corrected chi connectivity index (χ3v) is 13.3. The summed E-state index contributed by atoms with van der Waals surface area (Å²) < 4.78 is 6.41. The quantitative estimate of drug-likeness (QED) is 0.0859. The minimum Gasteiger partial charge on any atom is -0.512 e. The van der Waals surface area contributed by atoms with Crippen molar-refractivity contribution in [2.45, 2.75) is 137 Å². The standard InChI is InChI=1S/C32H32NOS.C15H28O2.Ir/c1-18(2)15-24-19(3)35-31-23(24)11-12-26-29(31)28-27(34-26)13-14-33-30(28)21-16-20-9-7-8-10-22(20)25(17-21)32(4,5)6;1-7-14(5,8-2)12(16)11-13(17)15(6,9-3)10-4;/h7-14,17-19,24H,15H2,1-6H3;11,16H,7-10H2,1-6H3;/q-1;;/b;12-11-;. The van der Waals surface area contributed by atoms with Crippen molar-refractivity contribution >= 4 is 50.3 Å². The summed E-state index contributed by atoms with van der Waals surface area (Å²) >= 11 is 2.01. The van der Waals surface area contributed by atoms with Crippen LogP contribution in [-0.2, 0) is 30.3 Å². The molecule has 4 nitrogen and oxygen atoms in total. The van der Waals surface area contributed by atoms with Gasteiger partial charge < -0.3 is 9.52 Å².